The molecule has 1 amide bonds. The molecule has 0 aromatic heterocycles. The van der Waals surface area contributed by atoms with Crippen molar-refractivity contribution in [1.29, 1.82) is 0 Å². The Bertz CT molecular complexity index is 784. The van der Waals surface area contributed by atoms with Crippen molar-refractivity contribution in [2.75, 3.05) is 17.1 Å². The molecule has 2 N–H and O–H groups in total. The lowest BCUT2D eigenvalue weighted by molar-refractivity contribution is -0.145. The molecular weight excluding hydrogens is 332 g/mol. The van der Waals surface area contributed by atoms with Gasteiger partial charge in [-0.2, -0.15) is 0 Å². The molecule has 1 aromatic carbocycles. The van der Waals surface area contributed by atoms with Gasteiger partial charge in [0.1, 0.15) is 0 Å². The highest BCUT2D eigenvalue weighted by molar-refractivity contribution is 7.92. The number of aliphatic carboxylic acids is 1. The van der Waals surface area contributed by atoms with Crippen molar-refractivity contribution in [3.8, 4) is 0 Å². The molecule has 3 rings (SSSR count). The second kappa shape index (κ2) is 6.08. The van der Waals surface area contributed by atoms with Crippen LogP contribution in [0.25, 0.3) is 0 Å². The van der Waals surface area contributed by atoms with Crippen LogP contribution in [0, 0.1) is 5.92 Å². The molecule has 24 heavy (non-hydrogen) atoms. The van der Waals surface area contributed by atoms with Crippen molar-refractivity contribution in [3.63, 3.8) is 0 Å². The molecule has 1 saturated carbocycles. The summed E-state index contributed by atoms with van der Waals surface area (Å²) >= 11 is 0. The second-order valence-corrected chi connectivity index (χ2v) is 8.37. The number of nitrogens with one attached hydrogen (secondary N) is 1. The zero-order valence-corrected chi connectivity index (χ0v) is 14.2. The summed E-state index contributed by atoms with van der Waals surface area (Å²) in [6, 6.07) is 4.91. The summed E-state index contributed by atoms with van der Waals surface area (Å²) in [6.07, 6.45) is 3.53. The van der Waals surface area contributed by atoms with E-state index < -0.39 is 16.0 Å². The second-order valence-electron chi connectivity index (χ2n) is 6.46. The molecule has 0 bridgehead atoms. The Kier molecular flexibility index (Phi) is 4.25. The normalized spacial score (nSPS) is 23.1. The van der Waals surface area contributed by atoms with Crippen LogP contribution in [0.3, 0.4) is 0 Å². The lowest BCUT2D eigenvalue weighted by atomic mass is 9.80. The number of carbonyl (C=O) groups is 2. The highest BCUT2D eigenvalue weighted by atomic mass is 32.2. The number of hydrogen-bond donors (Lipinski definition) is 2. The van der Waals surface area contributed by atoms with Crippen LogP contribution in [-0.4, -0.2) is 44.2 Å². The third kappa shape index (κ3) is 3.24. The van der Waals surface area contributed by atoms with Gasteiger partial charge < -0.3 is 10.4 Å². The monoisotopic (exact) mass is 352 g/mol. The number of nitrogens with zero attached hydrogens (tertiary/aromatic N) is 1. The van der Waals surface area contributed by atoms with Gasteiger partial charge in [0.05, 0.1) is 17.9 Å². The molecule has 2 aliphatic rings. The Balaban J connectivity index is 1.72. The van der Waals surface area contributed by atoms with E-state index in [9.17, 15) is 18.0 Å². The maximum atomic E-state index is 12.3. The number of anilines is 1. The lowest BCUT2D eigenvalue weighted by Crippen LogP contribution is -2.46. The Morgan fingerprint density at radius 1 is 1.29 bits per heavy atom. The van der Waals surface area contributed by atoms with Crippen LogP contribution >= 0.6 is 0 Å². The van der Waals surface area contributed by atoms with E-state index >= 15 is 0 Å². The maximum absolute atomic E-state index is 12.3. The van der Waals surface area contributed by atoms with Gasteiger partial charge in [0.15, 0.2) is 0 Å². The van der Waals surface area contributed by atoms with Gasteiger partial charge in [-0.05, 0) is 49.4 Å². The number of hydrogen-bond acceptors (Lipinski definition) is 4. The first-order valence-corrected chi connectivity index (χ1v) is 9.75. The van der Waals surface area contributed by atoms with E-state index in [1.807, 2.05) is 0 Å². The van der Waals surface area contributed by atoms with Crippen LogP contribution in [0.2, 0.25) is 0 Å². The smallest absolute Gasteiger partial charge is 0.306 e. The van der Waals surface area contributed by atoms with E-state index in [0.29, 0.717) is 37.1 Å². The molecule has 1 aliphatic carbocycles. The fourth-order valence-electron chi connectivity index (χ4n) is 3.25. The van der Waals surface area contributed by atoms with E-state index in [0.717, 1.165) is 12.0 Å². The molecule has 1 fully saturated rings. The van der Waals surface area contributed by atoms with E-state index in [2.05, 4.69) is 5.32 Å². The number of carboxylic acids is 1. The average Bonchev–Trinajstić information content (AvgIpc) is 2.47. The van der Waals surface area contributed by atoms with Crippen molar-refractivity contribution in [1.82, 2.24) is 5.32 Å². The van der Waals surface area contributed by atoms with E-state index in [1.54, 1.807) is 18.2 Å². The molecular formula is C16H20N2O5S. The minimum Gasteiger partial charge on any atom is -0.481 e. The van der Waals surface area contributed by atoms with Gasteiger partial charge >= 0.3 is 5.97 Å². The average molecular weight is 352 g/mol. The number of amides is 1. The molecule has 0 radical (unpaired) electrons. The molecule has 8 heteroatoms. The molecule has 0 spiro atoms. The Labute approximate surface area is 140 Å². The summed E-state index contributed by atoms with van der Waals surface area (Å²) in [6.45, 7) is 0.454. The van der Waals surface area contributed by atoms with Crippen LogP contribution in [0.15, 0.2) is 18.2 Å². The van der Waals surface area contributed by atoms with Crippen LogP contribution in [0.1, 0.15) is 35.2 Å². The lowest BCUT2D eigenvalue weighted by Gasteiger charge is -2.33. The summed E-state index contributed by atoms with van der Waals surface area (Å²) in [5.74, 6) is -1.44. The molecule has 7 nitrogen and oxygen atoms in total. The largest absolute Gasteiger partial charge is 0.481 e. The molecule has 1 aliphatic heterocycles. The van der Waals surface area contributed by atoms with Crippen LogP contribution < -0.4 is 9.62 Å². The predicted molar refractivity (Wildman–Crippen MR) is 88.6 cm³/mol. The number of fused-ring (bicyclic) bond motifs is 1. The van der Waals surface area contributed by atoms with Crippen molar-refractivity contribution >= 4 is 27.6 Å². The fourth-order valence-corrected chi connectivity index (χ4v) is 4.25. The maximum Gasteiger partial charge on any atom is 0.306 e. The summed E-state index contributed by atoms with van der Waals surface area (Å²) < 4.78 is 25.1. The predicted octanol–water partition coefficient (Wildman–Crippen LogP) is 0.992. The standard InChI is InChI=1S/C16H20N2O5S/c1-24(22,23)18-6-2-3-10-7-11(4-5-14(10)18)15(19)17-13-8-12(9-13)16(20)21/h4-5,7,12-13H,2-3,6,8-9H2,1H3,(H,17,19)(H,20,21). The molecule has 1 heterocycles. The van der Waals surface area contributed by atoms with Gasteiger partial charge in [0, 0.05) is 18.2 Å². The highest BCUT2D eigenvalue weighted by Crippen LogP contribution is 2.31. The molecule has 0 unspecified atom stereocenters. The zero-order valence-electron chi connectivity index (χ0n) is 13.4. The third-order valence-corrected chi connectivity index (χ3v) is 5.82. The van der Waals surface area contributed by atoms with Gasteiger partial charge in [-0.25, -0.2) is 8.42 Å². The molecule has 0 atom stereocenters. The first kappa shape index (κ1) is 16.8. The molecule has 130 valence electrons. The van der Waals surface area contributed by atoms with Crippen molar-refractivity contribution in [2.45, 2.75) is 31.7 Å². The summed E-state index contributed by atoms with van der Waals surface area (Å²) in [5, 5.41) is 11.7. The number of sulfonamides is 1. The van der Waals surface area contributed by atoms with Gasteiger partial charge in [-0.1, -0.05) is 0 Å². The zero-order chi connectivity index (χ0) is 17.5. The number of aryl methyl sites for hydroxylation is 1. The van der Waals surface area contributed by atoms with E-state index in [1.165, 1.54) is 10.6 Å². The summed E-state index contributed by atoms with van der Waals surface area (Å²) in [4.78, 5) is 23.1. The Morgan fingerprint density at radius 3 is 2.62 bits per heavy atom. The number of benzene rings is 1. The fraction of sp³-hybridized carbons (Fsp3) is 0.500. The van der Waals surface area contributed by atoms with Gasteiger partial charge in [-0.3, -0.25) is 13.9 Å². The summed E-state index contributed by atoms with van der Waals surface area (Å²) in [5.41, 5.74) is 1.95. The number of carboxylic acid groups (broad SMARTS) is 1. The van der Waals surface area contributed by atoms with Crippen LogP contribution in [0.5, 0.6) is 0 Å². The third-order valence-electron chi connectivity index (χ3n) is 4.64. The quantitative estimate of drug-likeness (QED) is 0.841. The minimum atomic E-state index is -3.32. The van der Waals surface area contributed by atoms with Crippen molar-refractivity contribution in [2.24, 2.45) is 5.92 Å². The van der Waals surface area contributed by atoms with E-state index in [4.69, 9.17) is 5.11 Å². The first-order chi connectivity index (χ1) is 11.3. The van der Waals surface area contributed by atoms with Gasteiger partial charge in [0.2, 0.25) is 10.0 Å². The number of rotatable bonds is 4. The van der Waals surface area contributed by atoms with Gasteiger partial charge in [-0.15, -0.1) is 0 Å². The SMILES string of the molecule is CS(=O)(=O)N1CCCc2cc(C(=O)NC3CC(C(=O)O)C3)ccc21. The topological polar surface area (TPSA) is 104 Å². The van der Waals surface area contributed by atoms with Crippen LogP contribution in [-0.2, 0) is 21.2 Å². The first-order valence-electron chi connectivity index (χ1n) is 7.90. The minimum absolute atomic E-state index is 0.109. The van der Waals surface area contributed by atoms with Gasteiger partial charge in [0.25, 0.3) is 5.91 Å². The Hall–Kier alpha value is -2.09. The molecule has 0 saturated heterocycles. The van der Waals surface area contributed by atoms with Crippen molar-refractivity contribution in [3.05, 3.63) is 29.3 Å². The number of carbonyl (C=O) groups excluding carboxylic acids is 1. The Morgan fingerprint density at radius 2 is 2.00 bits per heavy atom. The van der Waals surface area contributed by atoms with Crippen molar-refractivity contribution < 1.29 is 23.1 Å². The van der Waals surface area contributed by atoms with Crippen LogP contribution in [0.4, 0.5) is 5.69 Å². The van der Waals surface area contributed by atoms with E-state index in [-0.39, 0.29) is 17.9 Å². The molecule has 1 aromatic rings. The summed E-state index contributed by atoms with van der Waals surface area (Å²) in [7, 11) is -3.32. The highest BCUT2D eigenvalue weighted by Gasteiger charge is 2.35.